The molecule has 0 aromatic rings. The Balaban J connectivity index is 1.80. The molecule has 1 saturated heterocycles. The normalized spacial score (nSPS) is 43.8. The molecule has 1 N–H and O–H groups in total. The van der Waals surface area contributed by atoms with Gasteiger partial charge in [-0.05, 0) is 18.3 Å². The molecule has 120 valence electrons. The van der Waals surface area contributed by atoms with Gasteiger partial charge in [-0.2, -0.15) is 0 Å². The van der Waals surface area contributed by atoms with E-state index in [4.69, 9.17) is 14.2 Å². The molecule has 0 radical (unpaired) electrons. The quantitative estimate of drug-likeness (QED) is 0.745. The van der Waals surface area contributed by atoms with Gasteiger partial charge in [0.1, 0.15) is 0 Å². The van der Waals surface area contributed by atoms with Crippen LogP contribution in [-0.4, -0.2) is 43.3 Å². The van der Waals surface area contributed by atoms with E-state index in [1.165, 1.54) is 7.11 Å². The first-order valence-corrected chi connectivity index (χ1v) is 7.83. The lowest BCUT2D eigenvalue weighted by Crippen LogP contribution is -2.50. The summed E-state index contributed by atoms with van der Waals surface area (Å²) in [4.78, 5) is 12.0. The van der Waals surface area contributed by atoms with Crippen LogP contribution in [0.5, 0.6) is 0 Å². The summed E-state index contributed by atoms with van der Waals surface area (Å²) in [5, 5.41) is 10.2. The number of carbonyl (C=O) groups is 1. The molecule has 0 bridgehead atoms. The zero-order chi connectivity index (χ0) is 15.4. The molecule has 0 aromatic carbocycles. The van der Waals surface area contributed by atoms with E-state index in [-0.39, 0.29) is 29.1 Å². The van der Waals surface area contributed by atoms with Gasteiger partial charge in [0.05, 0.1) is 32.3 Å². The lowest BCUT2D eigenvalue weighted by molar-refractivity contribution is -0.315. The number of ether oxygens (including phenoxy) is 3. The van der Waals surface area contributed by atoms with Crippen LogP contribution in [-0.2, 0) is 19.0 Å². The summed E-state index contributed by atoms with van der Waals surface area (Å²) in [6.45, 7) is 7.71. The van der Waals surface area contributed by atoms with Gasteiger partial charge < -0.3 is 19.3 Å². The van der Waals surface area contributed by atoms with Crippen LogP contribution in [0.3, 0.4) is 0 Å². The topological polar surface area (TPSA) is 65.0 Å². The van der Waals surface area contributed by atoms with E-state index in [2.05, 4.69) is 20.8 Å². The summed E-state index contributed by atoms with van der Waals surface area (Å²) < 4.78 is 17.1. The van der Waals surface area contributed by atoms with E-state index >= 15 is 0 Å². The Bertz CT molecular complexity index is 422. The zero-order valence-electron chi connectivity index (χ0n) is 13.3. The van der Waals surface area contributed by atoms with Gasteiger partial charge in [0.15, 0.2) is 5.79 Å². The standard InChI is InChI=1S/C16H26O5/c1-9-10-5-12(17)13(14(18)19-4)11(10)6-16(9)20-7-15(2,3)8-21-16/h9-13,17H,5-8H2,1-4H3/t9-,10?,11-,12+,13?/m0/s1. The van der Waals surface area contributed by atoms with Crippen molar-refractivity contribution in [3.05, 3.63) is 0 Å². The molecular weight excluding hydrogens is 272 g/mol. The van der Waals surface area contributed by atoms with Crippen molar-refractivity contribution in [3.8, 4) is 0 Å². The van der Waals surface area contributed by atoms with Crippen molar-refractivity contribution in [1.29, 1.82) is 0 Å². The highest BCUT2D eigenvalue weighted by atomic mass is 16.7. The Morgan fingerprint density at radius 3 is 2.43 bits per heavy atom. The minimum atomic E-state index is -0.604. The van der Waals surface area contributed by atoms with E-state index in [0.717, 1.165) is 0 Å². The molecule has 2 unspecified atom stereocenters. The maximum Gasteiger partial charge on any atom is 0.311 e. The molecule has 2 aliphatic carbocycles. The van der Waals surface area contributed by atoms with Crippen LogP contribution in [0.1, 0.15) is 33.6 Å². The van der Waals surface area contributed by atoms with Gasteiger partial charge in [-0.25, -0.2) is 0 Å². The summed E-state index contributed by atoms with van der Waals surface area (Å²) in [6, 6.07) is 0. The molecule has 0 aromatic heterocycles. The fourth-order valence-electron chi connectivity index (χ4n) is 4.41. The summed E-state index contributed by atoms with van der Waals surface area (Å²) >= 11 is 0. The molecule has 2 saturated carbocycles. The highest BCUT2D eigenvalue weighted by Gasteiger charge is 2.62. The number of fused-ring (bicyclic) bond motifs is 1. The van der Waals surface area contributed by atoms with Gasteiger partial charge in [-0.1, -0.05) is 20.8 Å². The number of methoxy groups -OCH3 is 1. The SMILES string of the molecule is COC(=O)C1[C@H]2CC3(OCC(C)(C)CO3)[C@@H](C)C2C[C@H]1O. The van der Waals surface area contributed by atoms with E-state index in [1.807, 2.05) is 0 Å². The van der Waals surface area contributed by atoms with Crippen LogP contribution in [0, 0.1) is 29.1 Å². The van der Waals surface area contributed by atoms with Crippen molar-refractivity contribution >= 4 is 5.97 Å². The van der Waals surface area contributed by atoms with Gasteiger partial charge in [0.2, 0.25) is 0 Å². The fourth-order valence-corrected chi connectivity index (χ4v) is 4.41. The third-order valence-corrected chi connectivity index (χ3v) is 5.68. The first-order chi connectivity index (χ1) is 9.80. The third-order valence-electron chi connectivity index (χ3n) is 5.68. The zero-order valence-corrected chi connectivity index (χ0v) is 13.3. The number of aliphatic hydroxyl groups excluding tert-OH is 1. The number of aliphatic hydroxyl groups is 1. The minimum Gasteiger partial charge on any atom is -0.469 e. The van der Waals surface area contributed by atoms with Crippen molar-refractivity contribution in [1.82, 2.24) is 0 Å². The Labute approximate surface area is 125 Å². The smallest absolute Gasteiger partial charge is 0.311 e. The Kier molecular flexibility index (Phi) is 3.58. The highest BCUT2D eigenvalue weighted by Crippen LogP contribution is 2.58. The minimum absolute atomic E-state index is 0.0317. The predicted octanol–water partition coefficient (Wildman–Crippen LogP) is 1.58. The van der Waals surface area contributed by atoms with Gasteiger partial charge in [-0.15, -0.1) is 0 Å². The van der Waals surface area contributed by atoms with E-state index in [0.29, 0.717) is 26.1 Å². The van der Waals surface area contributed by atoms with Crippen molar-refractivity contribution in [2.24, 2.45) is 29.1 Å². The van der Waals surface area contributed by atoms with Crippen LogP contribution in [0.25, 0.3) is 0 Å². The van der Waals surface area contributed by atoms with Gasteiger partial charge >= 0.3 is 5.97 Å². The third kappa shape index (κ3) is 2.30. The van der Waals surface area contributed by atoms with Crippen LogP contribution < -0.4 is 0 Å². The highest BCUT2D eigenvalue weighted by molar-refractivity contribution is 5.74. The van der Waals surface area contributed by atoms with Crippen molar-refractivity contribution in [2.45, 2.75) is 45.5 Å². The maximum absolute atomic E-state index is 12.0. The lowest BCUT2D eigenvalue weighted by atomic mass is 9.89. The second-order valence-electron chi connectivity index (χ2n) is 7.73. The molecule has 3 aliphatic rings. The summed E-state index contributed by atoms with van der Waals surface area (Å²) in [5.41, 5.74) is 0.0317. The molecule has 3 fully saturated rings. The largest absolute Gasteiger partial charge is 0.469 e. The molecule has 0 amide bonds. The van der Waals surface area contributed by atoms with Gasteiger partial charge in [0.25, 0.3) is 0 Å². The Morgan fingerprint density at radius 2 is 1.86 bits per heavy atom. The first-order valence-electron chi connectivity index (χ1n) is 7.83. The van der Waals surface area contributed by atoms with Crippen LogP contribution in [0.4, 0.5) is 0 Å². The van der Waals surface area contributed by atoms with Crippen LogP contribution in [0.15, 0.2) is 0 Å². The van der Waals surface area contributed by atoms with E-state index < -0.39 is 17.8 Å². The summed E-state index contributed by atoms with van der Waals surface area (Å²) in [6.07, 6.45) is 0.696. The molecule has 5 nitrogen and oxygen atoms in total. The van der Waals surface area contributed by atoms with Crippen LogP contribution >= 0.6 is 0 Å². The number of esters is 1. The van der Waals surface area contributed by atoms with E-state index in [1.54, 1.807) is 0 Å². The van der Waals surface area contributed by atoms with Crippen molar-refractivity contribution < 1.29 is 24.1 Å². The summed E-state index contributed by atoms with van der Waals surface area (Å²) in [7, 11) is 1.38. The van der Waals surface area contributed by atoms with Crippen molar-refractivity contribution in [2.75, 3.05) is 20.3 Å². The van der Waals surface area contributed by atoms with Crippen LogP contribution in [0.2, 0.25) is 0 Å². The molecular formula is C16H26O5. The molecule has 3 rings (SSSR count). The fraction of sp³-hybridized carbons (Fsp3) is 0.938. The molecule has 5 heteroatoms. The van der Waals surface area contributed by atoms with Gasteiger partial charge in [-0.3, -0.25) is 4.79 Å². The van der Waals surface area contributed by atoms with Crippen molar-refractivity contribution in [3.63, 3.8) is 0 Å². The van der Waals surface area contributed by atoms with Gasteiger partial charge in [0, 0.05) is 17.8 Å². The number of hydrogen-bond acceptors (Lipinski definition) is 5. The average molecular weight is 298 g/mol. The first kappa shape index (κ1) is 15.3. The molecule has 1 heterocycles. The second kappa shape index (κ2) is 4.93. The Morgan fingerprint density at radius 1 is 1.24 bits per heavy atom. The van der Waals surface area contributed by atoms with E-state index in [9.17, 15) is 9.90 Å². The molecule has 21 heavy (non-hydrogen) atoms. The summed E-state index contributed by atoms with van der Waals surface area (Å²) in [5.74, 6) is -0.812. The monoisotopic (exact) mass is 298 g/mol. The lowest BCUT2D eigenvalue weighted by Gasteiger charge is -2.44. The molecule has 5 atom stereocenters. The predicted molar refractivity (Wildman–Crippen MR) is 75.3 cm³/mol. The molecule has 1 spiro atoms. The number of rotatable bonds is 1. The molecule has 1 aliphatic heterocycles. The Hall–Kier alpha value is -0.650. The maximum atomic E-state index is 12.0. The number of carbonyl (C=O) groups excluding carboxylic acids is 1. The number of hydrogen-bond donors (Lipinski definition) is 1. The second-order valence-corrected chi connectivity index (χ2v) is 7.73. The average Bonchev–Trinajstić information content (AvgIpc) is 2.88.